The van der Waals surface area contributed by atoms with E-state index in [1.807, 2.05) is 19.9 Å². The van der Waals surface area contributed by atoms with Gasteiger partial charge in [-0.1, -0.05) is 0 Å². The zero-order valence-corrected chi connectivity index (χ0v) is 16.2. The summed E-state index contributed by atoms with van der Waals surface area (Å²) in [6.45, 7) is 5.28. The number of anilines is 3. The number of aromatic nitrogens is 2. The number of carbonyl (C=O) groups is 1. The number of carbonyl (C=O) groups excluding carboxylic acids is 1. The van der Waals surface area contributed by atoms with Crippen molar-refractivity contribution in [3.05, 3.63) is 36.0 Å². The number of urea groups is 1. The van der Waals surface area contributed by atoms with Crippen LogP contribution < -0.4 is 21.3 Å². The van der Waals surface area contributed by atoms with Crippen LogP contribution in [0.25, 0.3) is 0 Å². The molecule has 0 saturated heterocycles. The maximum Gasteiger partial charge on any atom is 0.446 e. The molecule has 1 heterocycles. The van der Waals surface area contributed by atoms with Gasteiger partial charge in [-0.2, -0.15) is 18.2 Å². The molecule has 2 rings (SSSR count). The van der Waals surface area contributed by atoms with E-state index in [9.17, 15) is 18.0 Å². The highest BCUT2D eigenvalue weighted by atomic mass is 32.2. The summed E-state index contributed by atoms with van der Waals surface area (Å²) < 4.78 is 36.9. The van der Waals surface area contributed by atoms with E-state index < -0.39 is 11.5 Å². The van der Waals surface area contributed by atoms with Gasteiger partial charge in [-0.3, -0.25) is 0 Å². The first kappa shape index (κ1) is 21.6. The van der Waals surface area contributed by atoms with Crippen LogP contribution in [0.4, 0.5) is 35.4 Å². The van der Waals surface area contributed by atoms with Crippen LogP contribution in [0, 0.1) is 6.92 Å². The Morgan fingerprint density at radius 2 is 1.82 bits per heavy atom. The van der Waals surface area contributed by atoms with Crippen LogP contribution in [-0.2, 0) is 0 Å². The van der Waals surface area contributed by atoms with E-state index in [1.54, 1.807) is 0 Å². The van der Waals surface area contributed by atoms with Crippen LogP contribution in [0.5, 0.6) is 0 Å². The minimum atomic E-state index is -4.34. The van der Waals surface area contributed by atoms with Crippen molar-refractivity contribution in [2.45, 2.75) is 24.3 Å². The zero-order chi connectivity index (χ0) is 20.6. The van der Waals surface area contributed by atoms with Gasteiger partial charge in [0.05, 0.1) is 0 Å². The smallest absolute Gasteiger partial charge is 0.370 e. The van der Waals surface area contributed by atoms with Crippen molar-refractivity contribution in [2.24, 2.45) is 0 Å². The van der Waals surface area contributed by atoms with Crippen molar-refractivity contribution >= 4 is 35.2 Å². The molecule has 4 N–H and O–H groups in total. The molecule has 0 fully saturated rings. The monoisotopic (exact) mass is 414 g/mol. The van der Waals surface area contributed by atoms with Gasteiger partial charge in [-0.15, -0.1) is 0 Å². The fraction of sp³-hybridized carbons (Fsp3) is 0.353. The van der Waals surface area contributed by atoms with Crippen molar-refractivity contribution in [2.75, 3.05) is 35.6 Å². The number of hydrogen-bond acceptors (Lipinski definition) is 6. The van der Waals surface area contributed by atoms with Crippen molar-refractivity contribution in [3.63, 3.8) is 0 Å². The third kappa shape index (κ3) is 7.91. The number of nitrogens with one attached hydrogen (secondary N) is 4. The fourth-order valence-corrected chi connectivity index (χ4v) is 2.72. The summed E-state index contributed by atoms with van der Waals surface area (Å²) in [6, 6.07) is 6.79. The van der Waals surface area contributed by atoms with E-state index in [-0.39, 0.29) is 16.7 Å². The van der Waals surface area contributed by atoms with Crippen LogP contribution in [0.15, 0.2) is 35.2 Å². The number of rotatable bonds is 8. The highest BCUT2D eigenvalue weighted by Gasteiger charge is 2.29. The normalized spacial score (nSPS) is 11.0. The summed E-state index contributed by atoms with van der Waals surface area (Å²) in [6.07, 6.45) is 0. The predicted molar refractivity (Wildman–Crippen MR) is 105 cm³/mol. The fourth-order valence-electron chi connectivity index (χ4n) is 2.18. The maximum atomic E-state index is 12.3. The van der Waals surface area contributed by atoms with E-state index >= 15 is 0 Å². The van der Waals surface area contributed by atoms with Gasteiger partial charge in [0.2, 0.25) is 5.95 Å². The van der Waals surface area contributed by atoms with Gasteiger partial charge in [-0.25, -0.2) is 9.78 Å². The van der Waals surface area contributed by atoms with E-state index in [4.69, 9.17) is 0 Å². The van der Waals surface area contributed by atoms with Gasteiger partial charge in [0.25, 0.3) is 0 Å². The Hall–Kier alpha value is -2.69. The Balaban J connectivity index is 1.74. The molecule has 2 aromatic rings. The number of benzene rings is 1. The molecule has 1 aromatic heterocycles. The largest absolute Gasteiger partial charge is 0.446 e. The lowest BCUT2D eigenvalue weighted by molar-refractivity contribution is -0.0328. The molecule has 2 amide bonds. The molecule has 152 valence electrons. The molecule has 0 aliphatic rings. The summed E-state index contributed by atoms with van der Waals surface area (Å²) >= 11 is -0.205. The van der Waals surface area contributed by atoms with Gasteiger partial charge < -0.3 is 21.3 Å². The summed E-state index contributed by atoms with van der Waals surface area (Å²) in [5.74, 6) is 1.17. The number of nitrogens with zero attached hydrogens (tertiary/aromatic N) is 2. The first-order valence-corrected chi connectivity index (χ1v) is 9.31. The average molecular weight is 414 g/mol. The van der Waals surface area contributed by atoms with Crippen molar-refractivity contribution in [1.82, 2.24) is 15.3 Å². The maximum absolute atomic E-state index is 12.3. The van der Waals surface area contributed by atoms with Gasteiger partial charge in [0, 0.05) is 42.0 Å². The van der Waals surface area contributed by atoms with Crippen LogP contribution in [0.1, 0.15) is 12.6 Å². The molecule has 0 aliphatic carbocycles. The third-order valence-corrected chi connectivity index (χ3v) is 3.99. The Kier molecular flexibility index (Phi) is 7.73. The van der Waals surface area contributed by atoms with Gasteiger partial charge >= 0.3 is 11.5 Å². The molecular weight excluding hydrogens is 393 g/mol. The predicted octanol–water partition coefficient (Wildman–Crippen LogP) is 4.06. The minimum absolute atomic E-state index is 0.0535. The summed E-state index contributed by atoms with van der Waals surface area (Å²) in [7, 11) is 0. The lowest BCUT2D eigenvalue weighted by Gasteiger charge is -2.11. The number of thioether (sulfide) groups is 1. The standard InChI is InChI=1S/C17H21F3N6OS/c1-3-21-14-10-11(2)24-15(26-14)22-8-9-23-16(27)25-12-4-6-13(7-5-12)28-17(18,19)20/h4-7,10H,3,8-9H2,1-2H3,(H2,23,25,27)(H2,21,22,24,26). The Bertz CT molecular complexity index is 785. The molecule has 0 saturated carbocycles. The summed E-state index contributed by atoms with van der Waals surface area (Å²) in [5.41, 5.74) is -3.13. The molecule has 1 aromatic carbocycles. The molecule has 28 heavy (non-hydrogen) atoms. The van der Waals surface area contributed by atoms with E-state index in [0.717, 1.165) is 18.1 Å². The second kappa shape index (κ2) is 10.0. The first-order chi connectivity index (χ1) is 13.2. The van der Waals surface area contributed by atoms with Crippen LogP contribution in [0.2, 0.25) is 0 Å². The Labute approximate surface area is 164 Å². The molecule has 7 nitrogen and oxygen atoms in total. The number of amides is 2. The number of hydrogen-bond donors (Lipinski definition) is 4. The SMILES string of the molecule is CCNc1cc(C)nc(NCCNC(=O)Nc2ccc(SC(F)(F)F)cc2)n1. The van der Waals surface area contributed by atoms with Gasteiger partial charge in [0.15, 0.2) is 0 Å². The molecule has 0 atom stereocenters. The quantitative estimate of drug-likeness (QED) is 0.385. The van der Waals surface area contributed by atoms with Crippen LogP contribution in [-0.4, -0.2) is 41.1 Å². The second-order valence-corrected chi connectivity index (χ2v) is 6.77. The Morgan fingerprint density at radius 3 is 2.46 bits per heavy atom. The summed E-state index contributed by atoms with van der Waals surface area (Å²) in [5, 5.41) is 11.3. The molecule has 11 heteroatoms. The van der Waals surface area contributed by atoms with Gasteiger partial charge in [0.1, 0.15) is 5.82 Å². The van der Waals surface area contributed by atoms with Crippen LogP contribution >= 0.6 is 11.8 Å². The van der Waals surface area contributed by atoms with Gasteiger partial charge in [-0.05, 0) is 49.9 Å². The average Bonchev–Trinajstić information content (AvgIpc) is 2.59. The molecule has 0 spiro atoms. The van der Waals surface area contributed by atoms with Crippen LogP contribution in [0.3, 0.4) is 0 Å². The third-order valence-electron chi connectivity index (χ3n) is 3.25. The number of aryl methyl sites for hydroxylation is 1. The molecule has 0 bridgehead atoms. The molecular formula is C17H21F3N6OS. The van der Waals surface area contributed by atoms with E-state index in [0.29, 0.717) is 24.7 Å². The topological polar surface area (TPSA) is 91.0 Å². The molecule has 0 aliphatic heterocycles. The summed E-state index contributed by atoms with van der Waals surface area (Å²) in [4.78, 5) is 20.5. The minimum Gasteiger partial charge on any atom is -0.370 e. The second-order valence-electron chi connectivity index (χ2n) is 5.63. The number of alkyl halides is 3. The zero-order valence-electron chi connectivity index (χ0n) is 15.4. The first-order valence-electron chi connectivity index (χ1n) is 8.49. The Morgan fingerprint density at radius 1 is 1.11 bits per heavy atom. The highest BCUT2D eigenvalue weighted by molar-refractivity contribution is 8.00. The molecule has 0 radical (unpaired) electrons. The highest BCUT2D eigenvalue weighted by Crippen LogP contribution is 2.36. The lowest BCUT2D eigenvalue weighted by atomic mass is 10.3. The van der Waals surface area contributed by atoms with Crippen molar-refractivity contribution in [3.8, 4) is 0 Å². The number of halogens is 3. The molecule has 0 unspecified atom stereocenters. The van der Waals surface area contributed by atoms with E-state index in [1.165, 1.54) is 24.3 Å². The lowest BCUT2D eigenvalue weighted by Crippen LogP contribution is -2.32. The van der Waals surface area contributed by atoms with E-state index in [2.05, 4.69) is 31.2 Å². The van der Waals surface area contributed by atoms with Crippen molar-refractivity contribution in [1.29, 1.82) is 0 Å². The van der Waals surface area contributed by atoms with Crippen molar-refractivity contribution < 1.29 is 18.0 Å².